The van der Waals surface area contributed by atoms with Crippen LogP contribution in [0.5, 0.6) is 0 Å². The van der Waals surface area contributed by atoms with E-state index >= 15 is 0 Å². The maximum Gasteiger partial charge on any atom is 0.0310 e. The van der Waals surface area contributed by atoms with Crippen molar-refractivity contribution >= 4 is 11.6 Å². The van der Waals surface area contributed by atoms with Gasteiger partial charge in [-0.2, -0.15) is 0 Å². The molecule has 0 aliphatic heterocycles. The Hall–Kier alpha value is -0.490. The number of rotatable bonds is 4. The molecule has 0 heterocycles. The molecule has 1 rings (SSSR count). The smallest absolute Gasteiger partial charge is 0.0310 e. The SMILES string of the molecule is Cc1ccccc1CC(C)CC(C)Cl. The molecule has 0 aliphatic carbocycles. The van der Waals surface area contributed by atoms with Gasteiger partial charge in [-0.1, -0.05) is 31.2 Å². The second-order valence-corrected chi connectivity index (χ2v) is 5.00. The van der Waals surface area contributed by atoms with E-state index in [0.29, 0.717) is 5.92 Å². The van der Waals surface area contributed by atoms with Crippen molar-refractivity contribution in [2.45, 2.75) is 39.0 Å². The lowest BCUT2D eigenvalue weighted by molar-refractivity contribution is 0.525. The van der Waals surface area contributed by atoms with Crippen LogP contribution in [0.2, 0.25) is 0 Å². The predicted octanol–water partition coefficient (Wildman–Crippen LogP) is 4.19. The van der Waals surface area contributed by atoms with Gasteiger partial charge in [0.15, 0.2) is 0 Å². The first-order valence-electron chi connectivity index (χ1n) is 5.28. The molecule has 78 valence electrons. The number of alkyl halides is 1. The van der Waals surface area contributed by atoms with Gasteiger partial charge < -0.3 is 0 Å². The van der Waals surface area contributed by atoms with Crippen molar-refractivity contribution in [3.8, 4) is 0 Å². The second-order valence-electron chi connectivity index (χ2n) is 4.25. The normalized spacial score (nSPS) is 15.1. The molecular formula is C13H19Cl. The minimum absolute atomic E-state index is 0.286. The summed E-state index contributed by atoms with van der Waals surface area (Å²) in [6.07, 6.45) is 2.24. The number of hydrogen-bond donors (Lipinski definition) is 0. The van der Waals surface area contributed by atoms with Crippen LogP contribution in [0, 0.1) is 12.8 Å². The number of aryl methyl sites for hydroxylation is 1. The van der Waals surface area contributed by atoms with Gasteiger partial charge in [0.25, 0.3) is 0 Å². The highest BCUT2D eigenvalue weighted by molar-refractivity contribution is 6.20. The molecular weight excluding hydrogens is 192 g/mol. The Balaban J connectivity index is 2.56. The zero-order chi connectivity index (χ0) is 10.6. The minimum Gasteiger partial charge on any atom is -0.123 e. The zero-order valence-corrected chi connectivity index (χ0v) is 10.0. The van der Waals surface area contributed by atoms with Crippen molar-refractivity contribution in [3.05, 3.63) is 35.4 Å². The Morgan fingerprint density at radius 3 is 2.43 bits per heavy atom. The molecule has 0 nitrogen and oxygen atoms in total. The van der Waals surface area contributed by atoms with Gasteiger partial charge in [0, 0.05) is 5.38 Å². The Bertz CT molecular complexity index is 278. The summed E-state index contributed by atoms with van der Waals surface area (Å²) in [4.78, 5) is 0. The molecule has 1 aromatic rings. The van der Waals surface area contributed by atoms with E-state index in [4.69, 9.17) is 11.6 Å². The van der Waals surface area contributed by atoms with Gasteiger partial charge in [0.05, 0.1) is 0 Å². The molecule has 14 heavy (non-hydrogen) atoms. The highest BCUT2D eigenvalue weighted by Crippen LogP contribution is 2.18. The highest BCUT2D eigenvalue weighted by Gasteiger charge is 2.08. The van der Waals surface area contributed by atoms with E-state index in [1.54, 1.807) is 0 Å². The first-order valence-corrected chi connectivity index (χ1v) is 5.72. The highest BCUT2D eigenvalue weighted by atomic mass is 35.5. The maximum atomic E-state index is 5.98. The molecule has 0 aromatic heterocycles. The molecule has 0 amide bonds. The predicted molar refractivity (Wildman–Crippen MR) is 64.0 cm³/mol. The Morgan fingerprint density at radius 2 is 1.86 bits per heavy atom. The topological polar surface area (TPSA) is 0 Å². The monoisotopic (exact) mass is 210 g/mol. The summed E-state index contributed by atoms with van der Waals surface area (Å²) >= 11 is 5.98. The van der Waals surface area contributed by atoms with Crippen molar-refractivity contribution < 1.29 is 0 Å². The van der Waals surface area contributed by atoms with Crippen LogP contribution in [0.1, 0.15) is 31.4 Å². The molecule has 1 heteroatoms. The van der Waals surface area contributed by atoms with E-state index in [1.807, 2.05) is 0 Å². The standard InChI is InChI=1S/C13H19Cl/c1-10(8-12(3)14)9-13-7-5-4-6-11(13)2/h4-7,10,12H,8-9H2,1-3H3. The fourth-order valence-electron chi connectivity index (χ4n) is 1.85. The van der Waals surface area contributed by atoms with Gasteiger partial charge in [-0.25, -0.2) is 0 Å². The third-order valence-corrected chi connectivity index (χ3v) is 2.73. The third kappa shape index (κ3) is 3.71. The molecule has 0 aliphatic rings. The van der Waals surface area contributed by atoms with Gasteiger partial charge >= 0.3 is 0 Å². The lowest BCUT2D eigenvalue weighted by atomic mass is 9.94. The summed E-state index contributed by atoms with van der Waals surface area (Å²) in [5, 5.41) is 0.286. The van der Waals surface area contributed by atoms with Crippen molar-refractivity contribution in [2.75, 3.05) is 0 Å². The average Bonchev–Trinajstić information content (AvgIpc) is 2.07. The fraction of sp³-hybridized carbons (Fsp3) is 0.538. The van der Waals surface area contributed by atoms with E-state index in [9.17, 15) is 0 Å². The Kier molecular flexibility index (Phi) is 4.47. The van der Waals surface area contributed by atoms with Crippen LogP contribution in [-0.2, 0) is 6.42 Å². The van der Waals surface area contributed by atoms with Crippen molar-refractivity contribution in [2.24, 2.45) is 5.92 Å². The van der Waals surface area contributed by atoms with E-state index in [-0.39, 0.29) is 5.38 Å². The van der Waals surface area contributed by atoms with E-state index in [2.05, 4.69) is 45.0 Å². The summed E-state index contributed by atoms with van der Waals surface area (Å²) in [5.41, 5.74) is 2.85. The fourth-order valence-corrected chi connectivity index (χ4v) is 2.16. The van der Waals surface area contributed by atoms with Crippen LogP contribution < -0.4 is 0 Å². The summed E-state index contributed by atoms with van der Waals surface area (Å²) in [6.45, 7) is 6.51. The molecule has 2 unspecified atom stereocenters. The summed E-state index contributed by atoms with van der Waals surface area (Å²) < 4.78 is 0. The summed E-state index contributed by atoms with van der Waals surface area (Å²) in [6, 6.07) is 8.59. The third-order valence-electron chi connectivity index (χ3n) is 2.56. The van der Waals surface area contributed by atoms with Crippen molar-refractivity contribution in [3.63, 3.8) is 0 Å². The van der Waals surface area contributed by atoms with E-state index in [1.165, 1.54) is 11.1 Å². The first kappa shape index (κ1) is 11.6. The van der Waals surface area contributed by atoms with Crippen LogP contribution >= 0.6 is 11.6 Å². The Morgan fingerprint density at radius 1 is 1.21 bits per heavy atom. The van der Waals surface area contributed by atoms with Gasteiger partial charge in [-0.15, -0.1) is 11.6 Å². The van der Waals surface area contributed by atoms with Crippen LogP contribution in [0.3, 0.4) is 0 Å². The Labute approximate surface area is 92.3 Å². The van der Waals surface area contributed by atoms with Crippen LogP contribution in [-0.4, -0.2) is 5.38 Å². The van der Waals surface area contributed by atoms with E-state index < -0.39 is 0 Å². The second kappa shape index (κ2) is 5.41. The molecule has 0 radical (unpaired) electrons. The number of hydrogen-bond acceptors (Lipinski definition) is 0. The molecule has 0 saturated heterocycles. The lowest BCUT2D eigenvalue weighted by Gasteiger charge is -2.14. The number of benzene rings is 1. The molecule has 2 atom stereocenters. The maximum absolute atomic E-state index is 5.98. The van der Waals surface area contributed by atoms with Crippen molar-refractivity contribution in [1.82, 2.24) is 0 Å². The summed E-state index contributed by atoms with van der Waals surface area (Å²) in [7, 11) is 0. The zero-order valence-electron chi connectivity index (χ0n) is 9.26. The van der Waals surface area contributed by atoms with Crippen LogP contribution in [0.4, 0.5) is 0 Å². The van der Waals surface area contributed by atoms with E-state index in [0.717, 1.165) is 12.8 Å². The quantitative estimate of drug-likeness (QED) is 0.654. The molecule has 0 saturated carbocycles. The first-order chi connectivity index (χ1) is 6.59. The van der Waals surface area contributed by atoms with Gasteiger partial charge in [-0.05, 0) is 43.7 Å². The number of halogens is 1. The molecule has 0 spiro atoms. The molecule has 0 bridgehead atoms. The summed E-state index contributed by atoms with van der Waals surface area (Å²) in [5.74, 6) is 0.670. The van der Waals surface area contributed by atoms with Crippen LogP contribution in [0.25, 0.3) is 0 Å². The largest absolute Gasteiger partial charge is 0.123 e. The molecule has 1 aromatic carbocycles. The molecule has 0 N–H and O–H groups in total. The van der Waals surface area contributed by atoms with Gasteiger partial charge in [-0.3, -0.25) is 0 Å². The average molecular weight is 211 g/mol. The van der Waals surface area contributed by atoms with Crippen LogP contribution in [0.15, 0.2) is 24.3 Å². The lowest BCUT2D eigenvalue weighted by Crippen LogP contribution is -2.06. The minimum atomic E-state index is 0.286. The van der Waals surface area contributed by atoms with Gasteiger partial charge in [0.2, 0.25) is 0 Å². The van der Waals surface area contributed by atoms with Crippen molar-refractivity contribution in [1.29, 1.82) is 0 Å². The molecule has 0 fully saturated rings. The van der Waals surface area contributed by atoms with Gasteiger partial charge in [0.1, 0.15) is 0 Å².